The van der Waals surface area contributed by atoms with Gasteiger partial charge in [0.25, 0.3) is 5.91 Å². The molecule has 0 saturated carbocycles. The van der Waals surface area contributed by atoms with Crippen LogP contribution in [-0.4, -0.2) is 16.1 Å². The molecular weight excluding hydrogens is 406 g/mol. The van der Waals surface area contributed by atoms with Crippen LogP contribution in [0.2, 0.25) is 5.02 Å². The molecule has 1 aromatic heterocycles. The average Bonchev–Trinajstić information content (AvgIpc) is 3.23. The van der Waals surface area contributed by atoms with E-state index < -0.39 is 0 Å². The highest BCUT2D eigenvalue weighted by molar-refractivity contribution is 7.98. The molecule has 144 valence electrons. The van der Waals surface area contributed by atoms with Crippen LogP contribution in [0.3, 0.4) is 0 Å². The van der Waals surface area contributed by atoms with Crippen LogP contribution in [0.15, 0.2) is 88.2 Å². The van der Waals surface area contributed by atoms with E-state index in [1.165, 1.54) is 0 Å². The maximum Gasteiger partial charge on any atom is 0.255 e. The van der Waals surface area contributed by atoms with E-state index in [-0.39, 0.29) is 5.91 Å². The van der Waals surface area contributed by atoms with Crippen molar-refractivity contribution in [1.29, 1.82) is 0 Å². The van der Waals surface area contributed by atoms with Crippen LogP contribution < -0.4 is 5.32 Å². The molecule has 0 atom stereocenters. The van der Waals surface area contributed by atoms with E-state index >= 15 is 0 Å². The fraction of sp³-hybridized carbons (Fsp3) is 0.0455. The summed E-state index contributed by atoms with van der Waals surface area (Å²) in [5.74, 6) is 1.47. The molecule has 1 amide bonds. The second-order valence-corrected chi connectivity index (χ2v) is 7.63. The van der Waals surface area contributed by atoms with Crippen molar-refractivity contribution >= 4 is 35.0 Å². The number of anilines is 1. The summed E-state index contributed by atoms with van der Waals surface area (Å²) in [6.07, 6.45) is 0. The summed E-state index contributed by atoms with van der Waals surface area (Å²) in [5.41, 5.74) is 2.17. The van der Waals surface area contributed by atoms with Crippen LogP contribution in [-0.2, 0) is 5.75 Å². The van der Waals surface area contributed by atoms with Crippen molar-refractivity contribution in [3.63, 3.8) is 0 Å². The molecule has 0 spiro atoms. The first kappa shape index (κ1) is 19.2. The van der Waals surface area contributed by atoms with Crippen molar-refractivity contribution in [2.45, 2.75) is 10.6 Å². The molecule has 0 bridgehead atoms. The van der Waals surface area contributed by atoms with Crippen molar-refractivity contribution in [2.24, 2.45) is 0 Å². The summed E-state index contributed by atoms with van der Waals surface area (Å²) in [6, 6.07) is 24.0. The number of benzene rings is 3. The predicted molar refractivity (Wildman–Crippen MR) is 115 cm³/mol. The number of carbonyl (C=O) groups excluding carboxylic acids is 1. The number of carbonyl (C=O) groups is 1. The molecule has 4 aromatic rings. The lowest BCUT2D eigenvalue weighted by Gasteiger charge is -2.06. The van der Waals surface area contributed by atoms with Crippen molar-refractivity contribution < 1.29 is 9.21 Å². The van der Waals surface area contributed by atoms with Gasteiger partial charge in [-0.25, -0.2) is 0 Å². The monoisotopic (exact) mass is 421 g/mol. The predicted octanol–water partition coefficient (Wildman–Crippen LogP) is 5.93. The molecule has 7 heteroatoms. The lowest BCUT2D eigenvalue weighted by Crippen LogP contribution is -2.11. The first-order valence-corrected chi connectivity index (χ1v) is 10.2. The molecule has 3 aromatic carbocycles. The molecule has 4 rings (SSSR count). The summed E-state index contributed by atoms with van der Waals surface area (Å²) in [6.45, 7) is 0. The molecule has 0 unspecified atom stereocenters. The number of amides is 1. The van der Waals surface area contributed by atoms with Gasteiger partial charge in [-0.15, -0.1) is 22.0 Å². The fourth-order valence-corrected chi connectivity index (χ4v) is 3.45. The fourth-order valence-electron chi connectivity index (χ4n) is 2.59. The molecule has 0 aliphatic heterocycles. The van der Waals surface area contributed by atoms with Gasteiger partial charge in [0.15, 0.2) is 0 Å². The van der Waals surface area contributed by atoms with E-state index in [0.717, 1.165) is 16.1 Å². The number of rotatable bonds is 6. The van der Waals surface area contributed by atoms with Crippen LogP contribution in [0, 0.1) is 0 Å². The van der Waals surface area contributed by atoms with Crippen LogP contribution in [0.5, 0.6) is 0 Å². The normalized spacial score (nSPS) is 10.7. The number of aromatic nitrogens is 2. The SMILES string of the molecule is O=C(Nc1ccc(SCc2nnc(-c3ccccc3)o2)cc1)c1ccc(Cl)cc1. The summed E-state index contributed by atoms with van der Waals surface area (Å²) >= 11 is 7.44. The third kappa shape index (κ3) is 5.04. The van der Waals surface area contributed by atoms with Crippen LogP contribution in [0.4, 0.5) is 5.69 Å². The van der Waals surface area contributed by atoms with Crippen LogP contribution in [0.25, 0.3) is 11.5 Å². The maximum absolute atomic E-state index is 12.3. The molecule has 0 aliphatic carbocycles. The third-order valence-corrected chi connectivity index (χ3v) is 5.32. The first-order chi connectivity index (χ1) is 14.2. The Hall–Kier alpha value is -3.09. The molecule has 0 fully saturated rings. The van der Waals surface area contributed by atoms with Gasteiger partial charge in [0.05, 0.1) is 5.75 Å². The molecule has 1 heterocycles. The van der Waals surface area contributed by atoms with Gasteiger partial charge >= 0.3 is 0 Å². The Morgan fingerprint density at radius 3 is 2.38 bits per heavy atom. The number of hydrogen-bond acceptors (Lipinski definition) is 5. The topological polar surface area (TPSA) is 68.0 Å². The molecular formula is C22H16ClN3O2S. The van der Waals surface area contributed by atoms with Gasteiger partial charge in [-0.05, 0) is 60.7 Å². The Morgan fingerprint density at radius 2 is 1.66 bits per heavy atom. The minimum atomic E-state index is -0.179. The zero-order valence-corrected chi connectivity index (χ0v) is 16.8. The highest BCUT2D eigenvalue weighted by atomic mass is 35.5. The maximum atomic E-state index is 12.3. The van der Waals surface area contributed by atoms with E-state index in [2.05, 4.69) is 15.5 Å². The molecule has 1 N–H and O–H groups in total. The number of nitrogens with one attached hydrogen (secondary N) is 1. The number of thioether (sulfide) groups is 1. The van der Waals surface area contributed by atoms with Crippen molar-refractivity contribution in [2.75, 3.05) is 5.32 Å². The highest BCUT2D eigenvalue weighted by Gasteiger charge is 2.09. The Kier molecular flexibility index (Phi) is 5.93. The van der Waals surface area contributed by atoms with Gasteiger partial charge in [0.2, 0.25) is 11.8 Å². The molecule has 0 saturated heterocycles. The van der Waals surface area contributed by atoms with E-state index in [9.17, 15) is 4.79 Å². The zero-order valence-electron chi connectivity index (χ0n) is 15.2. The standard InChI is InChI=1S/C22H16ClN3O2S/c23-17-8-6-15(7-9-17)21(27)24-18-10-12-19(13-11-18)29-14-20-25-26-22(28-20)16-4-2-1-3-5-16/h1-13H,14H2,(H,24,27). The van der Waals surface area contributed by atoms with Crippen LogP contribution >= 0.6 is 23.4 Å². The Labute approximate surface area is 177 Å². The number of hydrogen-bond donors (Lipinski definition) is 1. The van der Waals surface area contributed by atoms with E-state index in [1.54, 1.807) is 36.0 Å². The number of halogens is 1. The van der Waals surface area contributed by atoms with Gasteiger partial charge in [-0.2, -0.15) is 0 Å². The van der Waals surface area contributed by atoms with Crippen molar-refractivity contribution in [1.82, 2.24) is 10.2 Å². The third-order valence-electron chi connectivity index (χ3n) is 4.07. The van der Waals surface area contributed by atoms with Crippen molar-refractivity contribution in [3.05, 3.63) is 95.3 Å². The van der Waals surface area contributed by atoms with Gasteiger partial charge in [0, 0.05) is 26.7 Å². The molecule has 0 aliphatic rings. The summed E-state index contributed by atoms with van der Waals surface area (Å²) in [5, 5.41) is 11.7. The van der Waals surface area contributed by atoms with Gasteiger partial charge in [0.1, 0.15) is 0 Å². The van der Waals surface area contributed by atoms with E-state index in [4.69, 9.17) is 16.0 Å². The highest BCUT2D eigenvalue weighted by Crippen LogP contribution is 2.25. The average molecular weight is 422 g/mol. The largest absolute Gasteiger partial charge is 0.420 e. The smallest absolute Gasteiger partial charge is 0.255 e. The zero-order chi connectivity index (χ0) is 20.1. The van der Waals surface area contributed by atoms with Crippen LogP contribution in [0.1, 0.15) is 16.2 Å². The summed E-state index contributed by atoms with van der Waals surface area (Å²) < 4.78 is 5.72. The van der Waals surface area contributed by atoms with E-state index in [0.29, 0.717) is 28.1 Å². The summed E-state index contributed by atoms with van der Waals surface area (Å²) in [4.78, 5) is 13.3. The Balaban J connectivity index is 1.33. The Morgan fingerprint density at radius 1 is 0.931 bits per heavy atom. The minimum absolute atomic E-state index is 0.179. The van der Waals surface area contributed by atoms with Gasteiger partial charge in [-0.1, -0.05) is 29.8 Å². The first-order valence-electron chi connectivity index (χ1n) is 8.85. The number of nitrogens with zero attached hydrogens (tertiary/aromatic N) is 2. The molecule has 29 heavy (non-hydrogen) atoms. The molecule has 5 nitrogen and oxygen atoms in total. The summed E-state index contributed by atoms with van der Waals surface area (Å²) in [7, 11) is 0. The van der Waals surface area contributed by atoms with E-state index in [1.807, 2.05) is 54.6 Å². The second kappa shape index (κ2) is 8.94. The lowest BCUT2D eigenvalue weighted by molar-refractivity contribution is 0.102. The molecule has 0 radical (unpaired) electrons. The quantitative estimate of drug-likeness (QED) is 0.390. The minimum Gasteiger partial charge on any atom is -0.420 e. The Bertz CT molecular complexity index is 1100. The van der Waals surface area contributed by atoms with Gasteiger partial charge < -0.3 is 9.73 Å². The van der Waals surface area contributed by atoms with Gasteiger partial charge in [-0.3, -0.25) is 4.79 Å². The second-order valence-electron chi connectivity index (χ2n) is 6.14. The van der Waals surface area contributed by atoms with Crippen molar-refractivity contribution in [3.8, 4) is 11.5 Å². The lowest BCUT2D eigenvalue weighted by atomic mass is 10.2.